The van der Waals surface area contributed by atoms with Gasteiger partial charge in [0.2, 0.25) is 0 Å². The van der Waals surface area contributed by atoms with Crippen LogP contribution in [0.5, 0.6) is 0 Å². The number of rotatable bonds is 5. The highest BCUT2D eigenvalue weighted by molar-refractivity contribution is 6.14. The number of benzene rings is 8. The molecule has 2 heteroatoms. The van der Waals surface area contributed by atoms with Gasteiger partial charge in [0.05, 0.1) is 11.2 Å². The summed E-state index contributed by atoms with van der Waals surface area (Å²) in [7, 11) is 0. The maximum atomic E-state index is 5.19. The van der Waals surface area contributed by atoms with Crippen molar-refractivity contribution in [1.82, 2.24) is 4.98 Å². The van der Waals surface area contributed by atoms with Gasteiger partial charge in [0.1, 0.15) is 0 Å². The van der Waals surface area contributed by atoms with E-state index >= 15 is 0 Å². The molecule has 1 aliphatic heterocycles. The summed E-state index contributed by atoms with van der Waals surface area (Å²) in [6, 6.07) is 68.2. The first-order chi connectivity index (χ1) is 25.3. The predicted octanol–water partition coefficient (Wildman–Crippen LogP) is 12.8. The number of hydrogen-bond donors (Lipinski definition) is 0. The van der Waals surface area contributed by atoms with E-state index in [1.165, 1.54) is 71.7 Å². The molecule has 2 heterocycles. The quantitative estimate of drug-likeness (QED) is 0.172. The van der Waals surface area contributed by atoms with Crippen LogP contribution in [0.3, 0.4) is 0 Å². The molecule has 240 valence electrons. The highest BCUT2D eigenvalue weighted by Gasteiger charge is 2.31. The summed E-state index contributed by atoms with van der Waals surface area (Å²) in [6.07, 6.45) is 0. The topological polar surface area (TPSA) is 16.1 Å². The fourth-order valence-corrected chi connectivity index (χ4v) is 8.25. The zero-order valence-corrected chi connectivity index (χ0v) is 28.1. The lowest BCUT2D eigenvalue weighted by atomic mass is 9.86. The lowest BCUT2D eigenvalue weighted by Gasteiger charge is -2.21. The van der Waals surface area contributed by atoms with Crippen molar-refractivity contribution >= 4 is 43.8 Å². The van der Waals surface area contributed by atoms with E-state index in [1.54, 1.807) is 0 Å². The van der Waals surface area contributed by atoms with Gasteiger partial charge in [0.25, 0.3) is 0 Å². The van der Waals surface area contributed by atoms with Crippen LogP contribution in [0, 0.1) is 0 Å². The van der Waals surface area contributed by atoms with E-state index in [4.69, 9.17) is 4.98 Å². The maximum Gasteiger partial charge on any atom is 0.0722 e. The molecule has 0 bridgehead atoms. The molecule has 1 aromatic heterocycles. The standard InChI is InChI=1S/C49H34N2/c1-3-15-34(16-4-1)47-31-44(49-39-21-8-7-14-33(39)26-29-46(49)50-47)36-18-13-17-35(30-36)38-27-28-42(41-23-10-9-22-40(38)41)45-32-51(37-19-5-2-6-20-37)48-25-12-11-24-43(45)48/h1-31,45H,32H2. The second-order valence-corrected chi connectivity index (χ2v) is 13.5. The number of aromatic nitrogens is 1. The largest absolute Gasteiger partial charge is 0.340 e. The molecule has 9 aromatic rings. The molecule has 10 rings (SSSR count). The molecule has 0 spiro atoms. The zero-order valence-electron chi connectivity index (χ0n) is 28.1. The van der Waals surface area contributed by atoms with E-state index in [0.717, 1.165) is 23.3 Å². The zero-order chi connectivity index (χ0) is 33.7. The summed E-state index contributed by atoms with van der Waals surface area (Å²) >= 11 is 0. The molecule has 0 saturated heterocycles. The summed E-state index contributed by atoms with van der Waals surface area (Å²) in [5.74, 6) is 0.263. The monoisotopic (exact) mass is 650 g/mol. The number of anilines is 2. The van der Waals surface area contributed by atoms with Crippen LogP contribution in [0.25, 0.3) is 66.0 Å². The van der Waals surface area contributed by atoms with E-state index in [9.17, 15) is 0 Å². The lowest BCUT2D eigenvalue weighted by molar-refractivity contribution is 0.866. The molecule has 0 saturated carbocycles. The summed E-state index contributed by atoms with van der Waals surface area (Å²) in [5.41, 5.74) is 13.2. The minimum absolute atomic E-state index is 0.263. The molecule has 0 amide bonds. The Bertz CT molecular complexity index is 2730. The van der Waals surface area contributed by atoms with Gasteiger partial charge in [0.15, 0.2) is 0 Å². The predicted molar refractivity (Wildman–Crippen MR) is 215 cm³/mol. The molecule has 0 fully saturated rings. The third-order valence-electron chi connectivity index (χ3n) is 10.6. The minimum atomic E-state index is 0.263. The van der Waals surface area contributed by atoms with Crippen molar-refractivity contribution in [3.8, 4) is 33.5 Å². The SMILES string of the molecule is c1ccc(-c2cc(-c3cccc(-c4ccc(C5CN(c6ccccc6)c6ccccc65)c5ccccc45)c3)c3c(ccc4ccccc43)n2)cc1. The molecule has 8 aromatic carbocycles. The van der Waals surface area contributed by atoms with Crippen molar-refractivity contribution in [2.24, 2.45) is 0 Å². The molecule has 2 nitrogen and oxygen atoms in total. The van der Waals surface area contributed by atoms with Gasteiger partial charge in [0, 0.05) is 34.8 Å². The van der Waals surface area contributed by atoms with E-state index in [0.29, 0.717) is 0 Å². The Morgan fingerprint density at radius 2 is 1.12 bits per heavy atom. The van der Waals surface area contributed by atoms with Crippen molar-refractivity contribution in [2.75, 3.05) is 11.4 Å². The van der Waals surface area contributed by atoms with E-state index < -0.39 is 0 Å². The summed E-state index contributed by atoms with van der Waals surface area (Å²) in [4.78, 5) is 7.66. The van der Waals surface area contributed by atoms with Crippen LogP contribution in [-0.2, 0) is 0 Å². The number of pyridine rings is 1. The highest BCUT2D eigenvalue weighted by Crippen LogP contribution is 2.47. The Balaban J connectivity index is 1.13. The molecule has 0 N–H and O–H groups in total. The van der Waals surface area contributed by atoms with Crippen LogP contribution in [0.15, 0.2) is 188 Å². The minimum Gasteiger partial charge on any atom is -0.340 e. The first-order valence-corrected chi connectivity index (χ1v) is 17.7. The third kappa shape index (κ3) is 4.99. The third-order valence-corrected chi connectivity index (χ3v) is 10.6. The number of para-hydroxylation sites is 2. The van der Waals surface area contributed by atoms with E-state index in [1.807, 2.05) is 0 Å². The van der Waals surface area contributed by atoms with Crippen molar-refractivity contribution in [2.45, 2.75) is 5.92 Å². The number of fused-ring (bicyclic) bond motifs is 5. The van der Waals surface area contributed by atoms with Gasteiger partial charge in [-0.25, -0.2) is 4.98 Å². The summed E-state index contributed by atoms with van der Waals surface area (Å²) in [5, 5.41) is 6.21. The fourth-order valence-electron chi connectivity index (χ4n) is 8.25. The molecule has 1 atom stereocenters. The second-order valence-electron chi connectivity index (χ2n) is 13.5. The molecule has 1 aliphatic rings. The molecule has 0 radical (unpaired) electrons. The molecule has 0 aliphatic carbocycles. The smallest absolute Gasteiger partial charge is 0.0722 e. The lowest BCUT2D eigenvalue weighted by Crippen LogP contribution is -2.16. The Morgan fingerprint density at radius 3 is 1.96 bits per heavy atom. The van der Waals surface area contributed by atoms with Gasteiger partial charge in [-0.1, -0.05) is 152 Å². The second kappa shape index (κ2) is 12.1. The summed E-state index contributed by atoms with van der Waals surface area (Å²) in [6.45, 7) is 0.912. The number of hydrogen-bond acceptors (Lipinski definition) is 2. The molecule has 1 unspecified atom stereocenters. The van der Waals surface area contributed by atoms with Crippen molar-refractivity contribution in [3.05, 3.63) is 199 Å². The molecular weight excluding hydrogens is 617 g/mol. The normalized spacial score (nSPS) is 14.0. The Kier molecular flexibility index (Phi) is 6.99. The van der Waals surface area contributed by atoms with Crippen molar-refractivity contribution < 1.29 is 0 Å². The first kappa shape index (κ1) is 29.4. The first-order valence-electron chi connectivity index (χ1n) is 17.7. The van der Waals surface area contributed by atoms with Crippen molar-refractivity contribution in [1.29, 1.82) is 0 Å². The highest BCUT2D eigenvalue weighted by atomic mass is 15.2. The fraction of sp³-hybridized carbons (Fsp3) is 0.0408. The van der Waals surface area contributed by atoms with Gasteiger partial charge in [-0.05, 0) is 91.3 Å². The van der Waals surface area contributed by atoms with Gasteiger partial charge in [-0.15, -0.1) is 0 Å². The van der Waals surface area contributed by atoms with Crippen LogP contribution >= 0.6 is 0 Å². The van der Waals surface area contributed by atoms with E-state index in [-0.39, 0.29) is 5.92 Å². The Hall–Kier alpha value is -6.51. The van der Waals surface area contributed by atoms with Gasteiger partial charge >= 0.3 is 0 Å². The Morgan fingerprint density at radius 1 is 0.451 bits per heavy atom. The van der Waals surface area contributed by atoms with Crippen LogP contribution < -0.4 is 4.90 Å². The van der Waals surface area contributed by atoms with Crippen LogP contribution in [-0.4, -0.2) is 11.5 Å². The van der Waals surface area contributed by atoms with Gasteiger partial charge < -0.3 is 4.90 Å². The van der Waals surface area contributed by atoms with Crippen LogP contribution in [0.4, 0.5) is 11.4 Å². The average Bonchev–Trinajstić information content (AvgIpc) is 3.60. The van der Waals surface area contributed by atoms with Crippen molar-refractivity contribution in [3.63, 3.8) is 0 Å². The van der Waals surface area contributed by atoms with Gasteiger partial charge in [-0.3, -0.25) is 0 Å². The van der Waals surface area contributed by atoms with Crippen LogP contribution in [0.2, 0.25) is 0 Å². The Labute approximate surface area is 297 Å². The maximum absolute atomic E-state index is 5.19. The van der Waals surface area contributed by atoms with E-state index in [2.05, 4.69) is 193 Å². The molecular formula is C49H34N2. The molecule has 51 heavy (non-hydrogen) atoms. The van der Waals surface area contributed by atoms with Gasteiger partial charge in [-0.2, -0.15) is 0 Å². The summed E-state index contributed by atoms with van der Waals surface area (Å²) < 4.78 is 0. The average molecular weight is 651 g/mol. The number of nitrogens with zero attached hydrogens (tertiary/aromatic N) is 2. The van der Waals surface area contributed by atoms with Crippen LogP contribution in [0.1, 0.15) is 17.0 Å².